The smallest absolute Gasteiger partial charge is 0.223 e. The van der Waals surface area contributed by atoms with Gasteiger partial charge < -0.3 is 5.32 Å². The van der Waals surface area contributed by atoms with E-state index in [1.54, 1.807) is 0 Å². The van der Waals surface area contributed by atoms with Gasteiger partial charge in [0.2, 0.25) is 5.95 Å². The maximum atomic E-state index is 4.39. The van der Waals surface area contributed by atoms with E-state index in [-0.39, 0.29) is 0 Å². The summed E-state index contributed by atoms with van der Waals surface area (Å²) in [5.74, 6) is 1.55. The van der Waals surface area contributed by atoms with E-state index in [9.17, 15) is 0 Å². The van der Waals surface area contributed by atoms with Crippen molar-refractivity contribution < 1.29 is 0 Å². The van der Waals surface area contributed by atoms with Crippen molar-refractivity contribution in [2.45, 2.75) is 59.9 Å². The van der Waals surface area contributed by atoms with Crippen molar-refractivity contribution in [2.75, 3.05) is 5.32 Å². The largest absolute Gasteiger partial charge is 0.352 e. The number of rotatable bonds is 6. The van der Waals surface area contributed by atoms with Gasteiger partial charge in [-0.1, -0.05) is 26.7 Å². The fourth-order valence-electron chi connectivity index (χ4n) is 1.92. The minimum absolute atomic E-state index is 0.440. The van der Waals surface area contributed by atoms with E-state index in [1.165, 1.54) is 19.3 Å². The Balaban J connectivity index is 2.42. The van der Waals surface area contributed by atoms with Crippen LogP contribution in [0.4, 0.5) is 5.95 Å². The molecule has 0 saturated carbocycles. The van der Waals surface area contributed by atoms with E-state index in [0.717, 1.165) is 23.3 Å². The van der Waals surface area contributed by atoms with Crippen LogP contribution >= 0.6 is 0 Å². The summed E-state index contributed by atoms with van der Waals surface area (Å²) in [5, 5.41) is 3.38. The van der Waals surface area contributed by atoms with Gasteiger partial charge in [0.15, 0.2) is 0 Å². The molecule has 0 amide bonds. The second-order valence-corrected chi connectivity index (χ2v) is 5.34. The molecule has 3 nitrogen and oxygen atoms in total. The van der Waals surface area contributed by atoms with Gasteiger partial charge in [0.25, 0.3) is 0 Å². The van der Waals surface area contributed by atoms with Crippen LogP contribution in [0.15, 0.2) is 6.07 Å². The maximum Gasteiger partial charge on any atom is 0.223 e. The lowest BCUT2D eigenvalue weighted by molar-refractivity contribution is 0.519. The van der Waals surface area contributed by atoms with Gasteiger partial charge in [0.1, 0.15) is 0 Å². The molecule has 0 radical (unpaired) electrons. The first-order valence-electron chi connectivity index (χ1n) is 6.56. The summed E-state index contributed by atoms with van der Waals surface area (Å²) in [5.41, 5.74) is 2.05. The van der Waals surface area contributed by atoms with Crippen LogP contribution in [0.5, 0.6) is 0 Å². The van der Waals surface area contributed by atoms with Crippen LogP contribution < -0.4 is 5.32 Å². The Morgan fingerprint density at radius 2 is 1.65 bits per heavy atom. The lowest BCUT2D eigenvalue weighted by Crippen LogP contribution is -2.17. The van der Waals surface area contributed by atoms with E-state index in [2.05, 4.69) is 36.1 Å². The molecule has 0 aliphatic carbocycles. The van der Waals surface area contributed by atoms with Gasteiger partial charge in [0.05, 0.1) is 0 Å². The number of hydrogen-bond acceptors (Lipinski definition) is 3. The second kappa shape index (κ2) is 6.58. The van der Waals surface area contributed by atoms with Crippen LogP contribution in [0.3, 0.4) is 0 Å². The molecule has 0 aromatic carbocycles. The minimum Gasteiger partial charge on any atom is -0.352 e. The van der Waals surface area contributed by atoms with Crippen molar-refractivity contribution >= 4 is 5.95 Å². The minimum atomic E-state index is 0.440. The molecule has 1 rings (SSSR count). The molecule has 0 fully saturated rings. The molecule has 0 bridgehead atoms. The fraction of sp³-hybridized carbons (Fsp3) is 0.714. The highest BCUT2D eigenvalue weighted by molar-refractivity contribution is 5.28. The number of anilines is 1. The van der Waals surface area contributed by atoms with Crippen LogP contribution in [0.25, 0.3) is 0 Å². The molecule has 3 heteroatoms. The first-order chi connectivity index (χ1) is 7.97. The lowest BCUT2D eigenvalue weighted by atomic mass is 10.0. The first-order valence-corrected chi connectivity index (χ1v) is 6.56. The summed E-state index contributed by atoms with van der Waals surface area (Å²) in [6.45, 7) is 10.7. The third-order valence-corrected chi connectivity index (χ3v) is 2.78. The Morgan fingerprint density at radius 3 is 2.18 bits per heavy atom. The third-order valence-electron chi connectivity index (χ3n) is 2.78. The Bertz CT molecular complexity index is 327. The Kier molecular flexibility index (Phi) is 5.39. The highest BCUT2D eigenvalue weighted by Crippen LogP contribution is 2.11. The quantitative estimate of drug-likeness (QED) is 0.816. The van der Waals surface area contributed by atoms with Crippen LogP contribution in [0.2, 0.25) is 0 Å². The summed E-state index contributed by atoms with van der Waals surface area (Å²) in [7, 11) is 0. The number of aromatic nitrogens is 2. The molecule has 1 aromatic rings. The van der Waals surface area contributed by atoms with Crippen LogP contribution in [-0.4, -0.2) is 16.0 Å². The maximum absolute atomic E-state index is 4.39. The predicted molar refractivity (Wildman–Crippen MR) is 73.3 cm³/mol. The normalized spacial score (nSPS) is 12.8. The summed E-state index contributed by atoms with van der Waals surface area (Å²) in [4.78, 5) is 8.79. The van der Waals surface area contributed by atoms with E-state index >= 15 is 0 Å². The third kappa shape index (κ3) is 5.66. The van der Waals surface area contributed by atoms with Crippen molar-refractivity contribution in [3.8, 4) is 0 Å². The molecule has 1 atom stereocenters. The molecular formula is C14H25N3. The zero-order valence-electron chi connectivity index (χ0n) is 11.7. The second-order valence-electron chi connectivity index (χ2n) is 5.34. The summed E-state index contributed by atoms with van der Waals surface area (Å²) >= 11 is 0. The van der Waals surface area contributed by atoms with E-state index in [4.69, 9.17) is 0 Å². The Morgan fingerprint density at radius 1 is 1.06 bits per heavy atom. The highest BCUT2D eigenvalue weighted by Gasteiger charge is 2.05. The predicted octanol–water partition coefficient (Wildman–Crippen LogP) is 3.72. The highest BCUT2D eigenvalue weighted by atomic mass is 15.1. The SMILES string of the molecule is Cc1cc(C)nc(NC(C)CCCC(C)C)n1. The van der Waals surface area contributed by atoms with Crippen molar-refractivity contribution in [1.29, 1.82) is 0 Å². The van der Waals surface area contributed by atoms with E-state index < -0.39 is 0 Å². The van der Waals surface area contributed by atoms with Gasteiger partial charge in [0, 0.05) is 17.4 Å². The molecule has 1 N–H and O–H groups in total. The molecule has 1 aromatic heterocycles. The average Bonchev–Trinajstić information content (AvgIpc) is 2.14. The zero-order chi connectivity index (χ0) is 12.8. The molecule has 1 heterocycles. The molecule has 0 saturated heterocycles. The van der Waals surface area contributed by atoms with Crippen molar-refractivity contribution in [1.82, 2.24) is 9.97 Å². The molecule has 0 spiro atoms. The topological polar surface area (TPSA) is 37.8 Å². The summed E-state index contributed by atoms with van der Waals surface area (Å²) in [6.07, 6.45) is 3.73. The number of nitrogens with zero attached hydrogens (tertiary/aromatic N) is 2. The van der Waals surface area contributed by atoms with Gasteiger partial charge >= 0.3 is 0 Å². The number of nitrogens with one attached hydrogen (secondary N) is 1. The van der Waals surface area contributed by atoms with Gasteiger partial charge in [-0.05, 0) is 39.2 Å². The Labute approximate surface area is 105 Å². The van der Waals surface area contributed by atoms with Gasteiger partial charge in [-0.25, -0.2) is 9.97 Å². The Hall–Kier alpha value is -1.12. The van der Waals surface area contributed by atoms with E-state index in [1.807, 2.05) is 19.9 Å². The number of aryl methyl sites for hydroxylation is 2. The van der Waals surface area contributed by atoms with Gasteiger partial charge in [-0.3, -0.25) is 0 Å². The van der Waals surface area contributed by atoms with Crippen LogP contribution in [0, 0.1) is 19.8 Å². The molecule has 96 valence electrons. The summed E-state index contributed by atoms with van der Waals surface area (Å²) in [6, 6.07) is 2.43. The van der Waals surface area contributed by atoms with Gasteiger partial charge in [-0.2, -0.15) is 0 Å². The molecule has 0 aliphatic rings. The standard InChI is InChI=1S/C14H25N3/c1-10(2)7-6-8-11(3)15-14-16-12(4)9-13(5)17-14/h9-11H,6-8H2,1-5H3,(H,15,16,17). The van der Waals surface area contributed by atoms with Crippen LogP contribution in [0.1, 0.15) is 51.4 Å². The monoisotopic (exact) mass is 235 g/mol. The molecule has 17 heavy (non-hydrogen) atoms. The fourth-order valence-corrected chi connectivity index (χ4v) is 1.92. The summed E-state index contributed by atoms with van der Waals surface area (Å²) < 4.78 is 0. The zero-order valence-corrected chi connectivity index (χ0v) is 11.7. The van der Waals surface area contributed by atoms with Crippen molar-refractivity contribution in [2.24, 2.45) is 5.92 Å². The molecule has 1 unspecified atom stereocenters. The first kappa shape index (κ1) is 13.9. The molecule has 0 aliphatic heterocycles. The average molecular weight is 235 g/mol. The van der Waals surface area contributed by atoms with Crippen molar-refractivity contribution in [3.63, 3.8) is 0 Å². The molecular weight excluding hydrogens is 210 g/mol. The van der Waals surface area contributed by atoms with E-state index in [0.29, 0.717) is 6.04 Å². The lowest BCUT2D eigenvalue weighted by Gasteiger charge is -2.15. The van der Waals surface area contributed by atoms with Gasteiger partial charge in [-0.15, -0.1) is 0 Å². The number of hydrogen-bond donors (Lipinski definition) is 1. The van der Waals surface area contributed by atoms with Crippen LogP contribution in [-0.2, 0) is 0 Å². The van der Waals surface area contributed by atoms with Crippen molar-refractivity contribution in [3.05, 3.63) is 17.5 Å².